The second kappa shape index (κ2) is 6.70. The minimum Gasteiger partial charge on any atom is -0.469 e. The maximum Gasteiger partial charge on any atom is 0.313 e. The number of methoxy groups -OCH3 is 1. The van der Waals surface area contributed by atoms with E-state index < -0.39 is 5.41 Å². The van der Waals surface area contributed by atoms with Crippen LogP contribution in [0, 0.1) is 11.3 Å². The third-order valence-electron chi connectivity index (χ3n) is 2.86. The van der Waals surface area contributed by atoms with Gasteiger partial charge in [0.05, 0.1) is 24.5 Å². The highest BCUT2D eigenvalue weighted by Gasteiger charge is 2.29. The molecule has 1 aromatic heterocycles. The van der Waals surface area contributed by atoms with E-state index in [0.29, 0.717) is 12.5 Å². The van der Waals surface area contributed by atoms with E-state index in [-0.39, 0.29) is 5.97 Å². The van der Waals surface area contributed by atoms with E-state index in [1.165, 1.54) is 7.11 Å². The second-order valence-electron chi connectivity index (χ2n) is 5.94. The maximum absolute atomic E-state index is 11.6. The molecule has 0 saturated carbocycles. The smallest absolute Gasteiger partial charge is 0.313 e. The number of aromatic nitrogens is 2. The summed E-state index contributed by atoms with van der Waals surface area (Å²) in [5.41, 5.74) is 0.444. The fourth-order valence-electron chi connectivity index (χ4n) is 1.87. The Labute approximate surface area is 115 Å². The SMILES string of the molecule is COC(=O)C(C)(C)Cn1cnc(CNCC(C)C)c1. The molecule has 5 heteroatoms. The molecule has 1 aromatic rings. The molecule has 1 heterocycles. The maximum atomic E-state index is 11.6. The Bertz CT molecular complexity index is 411. The van der Waals surface area contributed by atoms with Crippen LogP contribution in [0.5, 0.6) is 0 Å². The summed E-state index contributed by atoms with van der Waals surface area (Å²) in [5.74, 6) is 0.418. The summed E-state index contributed by atoms with van der Waals surface area (Å²) in [6.07, 6.45) is 3.73. The Balaban J connectivity index is 2.53. The van der Waals surface area contributed by atoms with Gasteiger partial charge in [-0.25, -0.2) is 4.98 Å². The number of nitrogens with zero attached hydrogens (tertiary/aromatic N) is 2. The summed E-state index contributed by atoms with van der Waals surface area (Å²) in [7, 11) is 1.42. The summed E-state index contributed by atoms with van der Waals surface area (Å²) in [6.45, 7) is 10.4. The van der Waals surface area contributed by atoms with Gasteiger partial charge in [0, 0.05) is 19.3 Å². The lowest BCUT2D eigenvalue weighted by molar-refractivity contribution is -0.151. The molecular formula is C14H25N3O2. The van der Waals surface area contributed by atoms with Crippen molar-refractivity contribution in [3.8, 4) is 0 Å². The standard InChI is InChI=1S/C14H25N3O2/c1-11(2)6-15-7-12-8-17(10-16-12)9-14(3,4)13(18)19-5/h8,10-11,15H,6-7,9H2,1-5H3. The van der Waals surface area contributed by atoms with Gasteiger partial charge in [0.1, 0.15) is 0 Å². The molecule has 0 bridgehead atoms. The van der Waals surface area contributed by atoms with E-state index in [4.69, 9.17) is 4.74 Å². The average molecular weight is 267 g/mol. The highest BCUT2D eigenvalue weighted by Crippen LogP contribution is 2.20. The fourth-order valence-corrected chi connectivity index (χ4v) is 1.87. The molecule has 0 aliphatic carbocycles. The predicted octanol–water partition coefficient (Wildman–Crippen LogP) is 1.83. The number of hydrogen-bond donors (Lipinski definition) is 1. The Morgan fingerprint density at radius 3 is 2.79 bits per heavy atom. The molecule has 0 fully saturated rings. The van der Waals surface area contributed by atoms with Gasteiger partial charge in [0.15, 0.2) is 0 Å². The zero-order valence-corrected chi connectivity index (χ0v) is 12.6. The molecule has 19 heavy (non-hydrogen) atoms. The molecule has 0 atom stereocenters. The monoisotopic (exact) mass is 267 g/mol. The first-order chi connectivity index (χ1) is 8.85. The molecule has 0 spiro atoms. The van der Waals surface area contributed by atoms with Gasteiger partial charge in [-0.15, -0.1) is 0 Å². The second-order valence-corrected chi connectivity index (χ2v) is 5.94. The van der Waals surface area contributed by atoms with Crippen molar-refractivity contribution in [2.24, 2.45) is 11.3 Å². The van der Waals surface area contributed by atoms with Crippen LogP contribution in [0.3, 0.4) is 0 Å². The summed E-state index contributed by atoms with van der Waals surface area (Å²) < 4.78 is 6.73. The topological polar surface area (TPSA) is 56.2 Å². The zero-order valence-electron chi connectivity index (χ0n) is 12.6. The van der Waals surface area contributed by atoms with E-state index in [9.17, 15) is 4.79 Å². The van der Waals surface area contributed by atoms with Gasteiger partial charge in [-0.3, -0.25) is 4.79 Å². The van der Waals surface area contributed by atoms with Crippen LogP contribution in [0.15, 0.2) is 12.5 Å². The summed E-state index contributed by atoms with van der Waals surface area (Å²) in [4.78, 5) is 16.0. The number of esters is 1. The molecule has 0 saturated heterocycles. The molecule has 1 N–H and O–H groups in total. The third-order valence-corrected chi connectivity index (χ3v) is 2.86. The number of imidazole rings is 1. The molecule has 0 amide bonds. The molecular weight excluding hydrogens is 242 g/mol. The fraction of sp³-hybridized carbons (Fsp3) is 0.714. The molecule has 0 unspecified atom stereocenters. The largest absolute Gasteiger partial charge is 0.469 e. The van der Waals surface area contributed by atoms with Crippen molar-refractivity contribution in [1.82, 2.24) is 14.9 Å². The zero-order chi connectivity index (χ0) is 14.5. The summed E-state index contributed by atoms with van der Waals surface area (Å²) in [5, 5.41) is 3.34. The lowest BCUT2D eigenvalue weighted by Gasteiger charge is -2.21. The molecule has 1 rings (SSSR count). The van der Waals surface area contributed by atoms with Gasteiger partial charge < -0.3 is 14.6 Å². The van der Waals surface area contributed by atoms with Gasteiger partial charge in [0.25, 0.3) is 0 Å². The highest BCUT2D eigenvalue weighted by atomic mass is 16.5. The van der Waals surface area contributed by atoms with Crippen LogP contribution < -0.4 is 5.32 Å². The molecule has 0 aliphatic rings. The van der Waals surface area contributed by atoms with E-state index in [2.05, 4.69) is 24.1 Å². The predicted molar refractivity (Wildman–Crippen MR) is 74.6 cm³/mol. The van der Waals surface area contributed by atoms with Crippen molar-refractivity contribution in [3.63, 3.8) is 0 Å². The number of nitrogens with one attached hydrogen (secondary N) is 1. The third kappa shape index (κ3) is 5.03. The normalized spacial score (nSPS) is 11.9. The van der Waals surface area contributed by atoms with E-state index in [1.54, 1.807) is 6.33 Å². The van der Waals surface area contributed by atoms with Crippen molar-refractivity contribution in [1.29, 1.82) is 0 Å². The van der Waals surface area contributed by atoms with Crippen LogP contribution in [0.2, 0.25) is 0 Å². The van der Waals surface area contributed by atoms with Crippen molar-refractivity contribution in [2.75, 3.05) is 13.7 Å². The number of rotatable bonds is 7. The quantitative estimate of drug-likeness (QED) is 0.766. The van der Waals surface area contributed by atoms with Gasteiger partial charge in [-0.1, -0.05) is 13.8 Å². The lowest BCUT2D eigenvalue weighted by Crippen LogP contribution is -2.30. The van der Waals surface area contributed by atoms with E-state index >= 15 is 0 Å². The molecule has 0 aliphatic heterocycles. The number of carbonyl (C=O) groups is 1. The van der Waals surface area contributed by atoms with Crippen LogP contribution in [-0.4, -0.2) is 29.2 Å². The summed E-state index contributed by atoms with van der Waals surface area (Å²) >= 11 is 0. The van der Waals surface area contributed by atoms with Crippen LogP contribution in [0.25, 0.3) is 0 Å². The van der Waals surface area contributed by atoms with Crippen molar-refractivity contribution < 1.29 is 9.53 Å². The molecule has 108 valence electrons. The van der Waals surface area contributed by atoms with Crippen molar-refractivity contribution >= 4 is 5.97 Å². The molecule has 0 aromatic carbocycles. The molecule has 0 radical (unpaired) electrons. The first-order valence-electron chi connectivity index (χ1n) is 6.65. The number of ether oxygens (including phenoxy) is 1. The van der Waals surface area contributed by atoms with Gasteiger partial charge in [-0.2, -0.15) is 0 Å². The van der Waals surface area contributed by atoms with Crippen LogP contribution in [-0.2, 0) is 22.6 Å². The number of hydrogen-bond acceptors (Lipinski definition) is 4. The minimum atomic E-state index is -0.544. The Morgan fingerprint density at radius 1 is 1.53 bits per heavy atom. The van der Waals surface area contributed by atoms with Gasteiger partial charge in [0.2, 0.25) is 0 Å². The molecule has 5 nitrogen and oxygen atoms in total. The van der Waals surface area contributed by atoms with Crippen LogP contribution >= 0.6 is 0 Å². The lowest BCUT2D eigenvalue weighted by atomic mass is 9.94. The number of carbonyl (C=O) groups excluding carboxylic acids is 1. The Morgan fingerprint density at radius 2 is 2.21 bits per heavy atom. The van der Waals surface area contributed by atoms with Gasteiger partial charge >= 0.3 is 5.97 Å². The van der Waals surface area contributed by atoms with Crippen LogP contribution in [0.1, 0.15) is 33.4 Å². The van der Waals surface area contributed by atoms with E-state index in [1.807, 2.05) is 24.6 Å². The van der Waals surface area contributed by atoms with Gasteiger partial charge in [-0.05, 0) is 26.3 Å². The van der Waals surface area contributed by atoms with Crippen molar-refractivity contribution in [2.45, 2.75) is 40.8 Å². The Kier molecular flexibility index (Phi) is 5.54. The van der Waals surface area contributed by atoms with E-state index in [0.717, 1.165) is 18.8 Å². The first kappa shape index (κ1) is 15.7. The summed E-state index contributed by atoms with van der Waals surface area (Å²) in [6, 6.07) is 0. The average Bonchev–Trinajstić information content (AvgIpc) is 2.74. The Hall–Kier alpha value is -1.36. The first-order valence-corrected chi connectivity index (χ1v) is 6.65. The van der Waals surface area contributed by atoms with Crippen molar-refractivity contribution in [3.05, 3.63) is 18.2 Å². The van der Waals surface area contributed by atoms with Crippen LogP contribution in [0.4, 0.5) is 0 Å². The minimum absolute atomic E-state index is 0.208. The highest BCUT2D eigenvalue weighted by molar-refractivity contribution is 5.75.